The summed E-state index contributed by atoms with van der Waals surface area (Å²) in [5, 5.41) is 2.84. The van der Waals surface area contributed by atoms with Crippen LogP contribution in [0.4, 0.5) is 0 Å². The maximum absolute atomic E-state index is 2.37. The first-order chi connectivity index (χ1) is 11.0. The maximum atomic E-state index is 2.37. The maximum Gasteiger partial charge on any atom is 0.0387 e. The van der Waals surface area contributed by atoms with Gasteiger partial charge in [-0.05, 0) is 48.6 Å². The SMILES string of the molecule is CCCCC.Cc1ccc2c(sc3ccc(C(C)C)cc32)c1C. The Labute approximate surface area is 145 Å². The first-order valence-electron chi connectivity index (χ1n) is 8.91. The van der Waals surface area contributed by atoms with Crippen LogP contribution >= 0.6 is 11.3 Å². The minimum Gasteiger partial charge on any atom is -0.135 e. The summed E-state index contributed by atoms with van der Waals surface area (Å²) in [4.78, 5) is 0. The van der Waals surface area contributed by atoms with Gasteiger partial charge in [0.05, 0.1) is 0 Å². The lowest BCUT2D eigenvalue weighted by atomic mass is 10.00. The monoisotopic (exact) mass is 326 g/mol. The topological polar surface area (TPSA) is 0 Å². The second-order valence-electron chi connectivity index (χ2n) is 6.75. The Kier molecular flexibility index (Phi) is 6.24. The van der Waals surface area contributed by atoms with Crippen LogP contribution in [0.25, 0.3) is 20.2 Å². The van der Waals surface area contributed by atoms with Gasteiger partial charge in [0.15, 0.2) is 0 Å². The van der Waals surface area contributed by atoms with Crippen LogP contribution in [0, 0.1) is 13.8 Å². The normalized spacial score (nSPS) is 11.1. The number of rotatable bonds is 3. The van der Waals surface area contributed by atoms with Gasteiger partial charge in [-0.1, -0.05) is 65.2 Å². The van der Waals surface area contributed by atoms with Crippen molar-refractivity contribution in [3.05, 3.63) is 47.0 Å². The lowest BCUT2D eigenvalue weighted by molar-refractivity contribution is 0.772. The van der Waals surface area contributed by atoms with E-state index in [9.17, 15) is 0 Å². The second kappa shape index (κ2) is 7.97. The molecule has 0 radical (unpaired) electrons. The van der Waals surface area contributed by atoms with Gasteiger partial charge in [-0.25, -0.2) is 0 Å². The van der Waals surface area contributed by atoms with E-state index in [1.165, 1.54) is 56.1 Å². The van der Waals surface area contributed by atoms with Crippen LogP contribution < -0.4 is 0 Å². The molecule has 0 aliphatic carbocycles. The van der Waals surface area contributed by atoms with Crippen LogP contribution in [0.5, 0.6) is 0 Å². The van der Waals surface area contributed by atoms with Crippen LogP contribution in [-0.2, 0) is 0 Å². The minimum atomic E-state index is 0.593. The molecule has 124 valence electrons. The van der Waals surface area contributed by atoms with Crippen LogP contribution in [0.3, 0.4) is 0 Å². The number of unbranched alkanes of at least 4 members (excludes halogenated alkanes) is 2. The van der Waals surface area contributed by atoms with E-state index in [2.05, 4.69) is 71.9 Å². The fourth-order valence-electron chi connectivity index (χ4n) is 2.80. The quantitative estimate of drug-likeness (QED) is 0.457. The fourth-order valence-corrected chi connectivity index (χ4v) is 4.04. The van der Waals surface area contributed by atoms with Gasteiger partial charge in [-0.15, -0.1) is 11.3 Å². The van der Waals surface area contributed by atoms with E-state index in [-0.39, 0.29) is 0 Å². The summed E-state index contributed by atoms with van der Waals surface area (Å²) < 4.78 is 2.86. The lowest BCUT2D eigenvalue weighted by Crippen LogP contribution is -1.85. The molecule has 0 amide bonds. The van der Waals surface area contributed by atoms with Crippen molar-refractivity contribution in [2.75, 3.05) is 0 Å². The Morgan fingerprint density at radius 2 is 1.61 bits per heavy atom. The molecule has 1 aromatic heterocycles. The van der Waals surface area contributed by atoms with E-state index in [4.69, 9.17) is 0 Å². The summed E-state index contributed by atoms with van der Waals surface area (Å²) in [7, 11) is 0. The van der Waals surface area contributed by atoms with E-state index >= 15 is 0 Å². The number of hydrogen-bond donors (Lipinski definition) is 0. The zero-order valence-corrected chi connectivity index (χ0v) is 16.3. The van der Waals surface area contributed by atoms with Gasteiger partial charge in [-0.3, -0.25) is 0 Å². The molecule has 1 heteroatoms. The highest BCUT2D eigenvalue weighted by molar-refractivity contribution is 7.26. The van der Waals surface area contributed by atoms with Crippen molar-refractivity contribution in [1.29, 1.82) is 0 Å². The van der Waals surface area contributed by atoms with Crippen LogP contribution in [-0.4, -0.2) is 0 Å². The van der Waals surface area contributed by atoms with Gasteiger partial charge in [0.25, 0.3) is 0 Å². The molecule has 0 N–H and O–H groups in total. The third-order valence-corrected chi connectivity index (χ3v) is 5.86. The Balaban J connectivity index is 0.000000338. The molecule has 0 aliphatic rings. The second-order valence-corrected chi connectivity index (χ2v) is 7.80. The number of hydrogen-bond acceptors (Lipinski definition) is 1. The van der Waals surface area contributed by atoms with Gasteiger partial charge in [0.1, 0.15) is 0 Å². The fraction of sp³-hybridized carbons (Fsp3) is 0.455. The van der Waals surface area contributed by atoms with E-state index < -0.39 is 0 Å². The molecule has 0 nitrogen and oxygen atoms in total. The first kappa shape index (κ1) is 18.0. The summed E-state index contributed by atoms with van der Waals surface area (Å²) in [6.07, 6.45) is 4.08. The molecular weight excluding hydrogens is 296 g/mol. The van der Waals surface area contributed by atoms with Crippen LogP contribution in [0.15, 0.2) is 30.3 Å². The molecule has 0 saturated heterocycles. The summed E-state index contributed by atoms with van der Waals surface area (Å²) in [6, 6.07) is 11.4. The molecular formula is C22H30S. The third kappa shape index (κ3) is 3.95. The van der Waals surface area contributed by atoms with Gasteiger partial charge in [0, 0.05) is 20.2 Å². The molecule has 0 aliphatic heterocycles. The minimum absolute atomic E-state index is 0.593. The van der Waals surface area contributed by atoms with Gasteiger partial charge in [-0.2, -0.15) is 0 Å². The molecule has 0 spiro atoms. The number of fused-ring (bicyclic) bond motifs is 3. The zero-order valence-electron chi connectivity index (χ0n) is 15.5. The van der Waals surface area contributed by atoms with Crippen molar-refractivity contribution in [3.63, 3.8) is 0 Å². The van der Waals surface area contributed by atoms with Crippen molar-refractivity contribution in [2.24, 2.45) is 0 Å². The number of benzene rings is 2. The van der Waals surface area contributed by atoms with E-state index in [0.29, 0.717) is 5.92 Å². The predicted molar refractivity (Wildman–Crippen MR) is 108 cm³/mol. The molecule has 23 heavy (non-hydrogen) atoms. The zero-order chi connectivity index (χ0) is 17.0. The molecule has 0 fully saturated rings. The molecule has 1 heterocycles. The summed E-state index contributed by atoms with van der Waals surface area (Å²) in [5.41, 5.74) is 4.25. The lowest BCUT2D eigenvalue weighted by Gasteiger charge is -2.05. The van der Waals surface area contributed by atoms with Gasteiger partial charge in [0.2, 0.25) is 0 Å². The molecule has 3 aromatic rings. The Bertz CT molecular complexity index is 775. The molecule has 0 unspecified atom stereocenters. The van der Waals surface area contributed by atoms with E-state index in [0.717, 1.165) is 0 Å². The highest BCUT2D eigenvalue weighted by Crippen LogP contribution is 2.37. The number of thiophene rings is 1. The molecule has 0 saturated carbocycles. The highest BCUT2D eigenvalue weighted by atomic mass is 32.1. The smallest absolute Gasteiger partial charge is 0.0387 e. The summed E-state index contributed by atoms with van der Waals surface area (Å²) in [5.74, 6) is 0.593. The van der Waals surface area contributed by atoms with E-state index in [1.807, 2.05) is 11.3 Å². The highest BCUT2D eigenvalue weighted by Gasteiger charge is 2.09. The predicted octanol–water partition coefficient (Wildman–Crippen LogP) is 7.99. The van der Waals surface area contributed by atoms with Crippen molar-refractivity contribution in [1.82, 2.24) is 0 Å². The van der Waals surface area contributed by atoms with Crippen LogP contribution in [0.2, 0.25) is 0 Å². The van der Waals surface area contributed by atoms with Crippen LogP contribution in [0.1, 0.15) is 69.6 Å². The number of aryl methyl sites for hydroxylation is 2. The van der Waals surface area contributed by atoms with Crippen molar-refractivity contribution in [3.8, 4) is 0 Å². The van der Waals surface area contributed by atoms with Crippen molar-refractivity contribution < 1.29 is 0 Å². The largest absolute Gasteiger partial charge is 0.135 e. The summed E-state index contributed by atoms with van der Waals surface area (Å²) >= 11 is 1.92. The van der Waals surface area contributed by atoms with Gasteiger partial charge >= 0.3 is 0 Å². The Morgan fingerprint density at radius 3 is 2.17 bits per heavy atom. The average Bonchev–Trinajstić information content (AvgIpc) is 2.91. The van der Waals surface area contributed by atoms with E-state index in [1.54, 1.807) is 0 Å². The standard InChI is InChI=1S/C17H18S.C5H12/c1-10(2)13-6-8-16-15(9-13)14-7-5-11(3)12(4)17(14)18-16;1-3-5-4-2/h5-10H,1-4H3;3-5H2,1-2H3. The summed E-state index contributed by atoms with van der Waals surface area (Å²) in [6.45, 7) is 13.4. The average molecular weight is 327 g/mol. The molecule has 0 bridgehead atoms. The first-order valence-corrected chi connectivity index (χ1v) is 9.73. The Hall–Kier alpha value is -1.34. The molecule has 0 atom stereocenters. The third-order valence-electron chi connectivity index (χ3n) is 4.56. The molecule has 2 aromatic carbocycles. The van der Waals surface area contributed by atoms with Crippen molar-refractivity contribution in [2.45, 2.75) is 66.7 Å². The Morgan fingerprint density at radius 1 is 0.913 bits per heavy atom. The van der Waals surface area contributed by atoms with Gasteiger partial charge < -0.3 is 0 Å². The van der Waals surface area contributed by atoms with Crippen molar-refractivity contribution >= 4 is 31.5 Å². The molecule has 3 rings (SSSR count).